The SMILES string of the molecule is COC(C)CCOC(=O)CSc1nnnn1C. The molecule has 0 amide bonds. The number of aromatic nitrogens is 4. The minimum atomic E-state index is -0.277. The summed E-state index contributed by atoms with van der Waals surface area (Å²) in [7, 11) is 3.34. The molecule has 0 aliphatic carbocycles. The van der Waals surface area contributed by atoms with E-state index in [-0.39, 0.29) is 17.8 Å². The van der Waals surface area contributed by atoms with Gasteiger partial charge in [-0.1, -0.05) is 11.8 Å². The van der Waals surface area contributed by atoms with Crippen LogP contribution in [0.5, 0.6) is 0 Å². The Morgan fingerprint density at radius 1 is 1.59 bits per heavy atom. The van der Waals surface area contributed by atoms with Gasteiger partial charge in [-0.3, -0.25) is 4.79 Å². The van der Waals surface area contributed by atoms with Gasteiger partial charge in [-0.2, -0.15) is 0 Å². The number of methoxy groups -OCH3 is 1. The number of aryl methyl sites for hydroxylation is 1. The Labute approximate surface area is 104 Å². The van der Waals surface area contributed by atoms with Crippen LogP contribution in [0.15, 0.2) is 5.16 Å². The molecule has 0 spiro atoms. The van der Waals surface area contributed by atoms with E-state index in [2.05, 4.69) is 15.5 Å². The highest BCUT2D eigenvalue weighted by Gasteiger charge is 2.09. The van der Waals surface area contributed by atoms with E-state index in [1.807, 2.05) is 6.92 Å². The average molecular weight is 260 g/mol. The molecule has 1 unspecified atom stereocenters. The van der Waals surface area contributed by atoms with Crippen LogP contribution in [-0.4, -0.2) is 51.8 Å². The highest BCUT2D eigenvalue weighted by molar-refractivity contribution is 7.99. The van der Waals surface area contributed by atoms with Gasteiger partial charge in [-0.25, -0.2) is 4.68 Å². The van der Waals surface area contributed by atoms with Gasteiger partial charge in [0.25, 0.3) is 0 Å². The second-order valence-electron chi connectivity index (χ2n) is 3.43. The highest BCUT2D eigenvalue weighted by atomic mass is 32.2. The number of nitrogens with zero attached hydrogens (tertiary/aromatic N) is 4. The molecule has 1 atom stereocenters. The largest absolute Gasteiger partial charge is 0.465 e. The summed E-state index contributed by atoms with van der Waals surface area (Å²) in [5.74, 6) is -0.0726. The Kier molecular flexibility index (Phi) is 5.92. The zero-order valence-corrected chi connectivity index (χ0v) is 10.9. The van der Waals surface area contributed by atoms with Crippen LogP contribution < -0.4 is 0 Å². The molecular weight excluding hydrogens is 244 g/mol. The van der Waals surface area contributed by atoms with E-state index in [4.69, 9.17) is 9.47 Å². The number of hydrogen-bond donors (Lipinski definition) is 0. The summed E-state index contributed by atoms with van der Waals surface area (Å²) >= 11 is 1.25. The number of carbonyl (C=O) groups excluding carboxylic acids is 1. The lowest BCUT2D eigenvalue weighted by Crippen LogP contribution is -2.14. The first-order valence-corrected chi connectivity index (χ1v) is 6.15. The summed E-state index contributed by atoms with van der Waals surface area (Å²) in [4.78, 5) is 11.4. The van der Waals surface area contributed by atoms with E-state index in [1.54, 1.807) is 14.2 Å². The van der Waals surface area contributed by atoms with Gasteiger partial charge in [-0.05, 0) is 17.4 Å². The molecule has 0 saturated heterocycles. The normalized spacial score (nSPS) is 12.4. The maximum Gasteiger partial charge on any atom is 0.316 e. The lowest BCUT2D eigenvalue weighted by molar-refractivity contribution is -0.141. The Morgan fingerprint density at radius 2 is 2.35 bits per heavy atom. The van der Waals surface area contributed by atoms with Crippen molar-refractivity contribution in [2.75, 3.05) is 19.5 Å². The van der Waals surface area contributed by atoms with Gasteiger partial charge in [0.15, 0.2) is 0 Å². The fourth-order valence-electron chi connectivity index (χ4n) is 0.965. The van der Waals surface area contributed by atoms with Crippen LogP contribution in [0, 0.1) is 0 Å². The first-order valence-electron chi connectivity index (χ1n) is 5.17. The fraction of sp³-hybridized carbons (Fsp3) is 0.778. The molecule has 0 saturated carbocycles. The number of esters is 1. The van der Waals surface area contributed by atoms with E-state index in [1.165, 1.54) is 16.4 Å². The standard InChI is InChI=1S/C9H16N4O3S/c1-7(15-3)4-5-16-8(14)6-17-9-10-11-12-13(9)2/h7H,4-6H2,1-3H3. The lowest BCUT2D eigenvalue weighted by atomic mass is 10.3. The molecular formula is C9H16N4O3S. The number of ether oxygens (including phenoxy) is 2. The number of hydrogen-bond acceptors (Lipinski definition) is 7. The maximum absolute atomic E-state index is 11.4. The van der Waals surface area contributed by atoms with Crippen molar-refractivity contribution in [3.05, 3.63) is 0 Å². The highest BCUT2D eigenvalue weighted by Crippen LogP contribution is 2.12. The molecule has 0 aliphatic heterocycles. The van der Waals surface area contributed by atoms with Crippen molar-refractivity contribution >= 4 is 17.7 Å². The molecule has 0 bridgehead atoms. The van der Waals surface area contributed by atoms with Crippen LogP contribution in [0.2, 0.25) is 0 Å². The second kappa shape index (κ2) is 7.23. The Morgan fingerprint density at radius 3 is 2.94 bits per heavy atom. The molecule has 0 radical (unpaired) electrons. The van der Waals surface area contributed by atoms with Crippen molar-refractivity contribution in [3.63, 3.8) is 0 Å². The quantitative estimate of drug-likeness (QED) is 0.514. The summed E-state index contributed by atoms with van der Waals surface area (Å²) in [5, 5.41) is 11.5. The molecule has 0 fully saturated rings. The van der Waals surface area contributed by atoms with Crippen LogP contribution in [0.3, 0.4) is 0 Å². The van der Waals surface area contributed by atoms with Gasteiger partial charge < -0.3 is 9.47 Å². The summed E-state index contributed by atoms with van der Waals surface area (Å²) < 4.78 is 11.6. The van der Waals surface area contributed by atoms with Gasteiger partial charge in [0.1, 0.15) is 0 Å². The average Bonchev–Trinajstić information content (AvgIpc) is 2.72. The number of tetrazole rings is 1. The smallest absolute Gasteiger partial charge is 0.316 e. The molecule has 0 aliphatic rings. The van der Waals surface area contributed by atoms with Crippen LogP contribution in [-0.2, 0) is 21.3 Å². The minimum Gasteiger partial charge on any atom is -0.465 e. The Hall–Kier alpha value is -1.15. The molecule has 1 aromatic heterocycles. The number of rotatable bonds is 7. The van der Waals surface area contributed by atoms with E-state index < -0.39 is 0 Å². The van der Waals surface area contributed by atoms with Crippen LogP contribution in [0.25, 0.3) is 0 Å². The summed E-state index contributed by atoms with van der Waals surface area (Å²) in [5.41, 5.74) is 0. The first-order chi connectivity index (χ1) is 8.13. The number of carbonyl (C=O) groups is 1. The zero-order valence-electron chi connectivity index (χ0n) is 10.1. The van der Waals surface area contributed by atoms with Crippen molar-refractivity contribution in [1.82, 2.24) is 20.2 Å². The monoisotopic (exact) mass is 260 g/mol. The third kappa shape index (κ3) is 5.14. The summed E-state index contributed by atoms with van der Waals surface area (Å²) in [6.07, 6.45) is 0.789. The third-order valence-electron chi connectivity index (χ3n) is 2.09. The van der Waals surface area contributed by atoms with Gasteiger partial charge in [0.2, 0.25) is 5.16 Å². The van der Waals surface area contributed by atoms with Crippen LogP contribution >= 0.6 is 11.8 Å². The topological polar surface area (TPSA) is 79.1 Å². The zero-order chi connectivity index (χ0) is 12.7. The molecule has 0 N–H and O–H groups in total. The molecule has 17 heavy (non-hydrogen) atoms. The van der Waals surface area contributed by atoms with Crippen molar-refractivity contribution < 1.29 is 14.3 Å². The van der Waals surface area contributed by atoms with E-state index in [0.29, 0.717) is 18.2 Å². The summed E-state index contributed by atoms with van der Waals surface area (Å²) in [6.45, 7) is 2.29. The molecule has 1 heterocycles. The molecule has 8 heteroatoms. The Balaban J connectivity index is 2.16. The van der Waals surface area contributed by atoms with Gasteiger partial charge in [0.05, 0.1) is 18.5 Å². The second-order valence-corrected chi connectivity index (χ2v) is 4.37. The van der Waals surface area contributed by atoms with E-state index in [0.717, 1.165) is 0 Å². The first kappa shape index (κ1) is 13.9. The van der Waals surface area contributed by atoms with Crippen molar-refractivity contribution in [1.29, 1.82) is 0 Å². The predicted octanol–water partition coefficient (Wildman–Crippen LogP) is 0.270. The maximum atomic E-state index is 11.4. The fourth-order valence-corrected chi connectivity index (χ4v) is 1.61. The Bertz CT molecular complexity index is 358. The predicted molar refractivity (Wildman–Crippen MR) is 61.6 cm³/mol. The molecule has 1 aromatic rings. The summed E-state index contributed by atoms with van der Waals surface area (Å²) in [6, 6.07) is 0. The molecule has 0 aromatic carbocycles. The molecule has 96 valence electrons. The van der Waals surface area contributed by atoms with E-state index >= 15 is 0 Å². The minimum absolute atomic E-state index is 0.0957. The van der Waals surface area contributed by atoms with E-state index in [9.17, 15) is 4.79 Å². The van der Waals surface area contributed by atoms with Crippen molar-refractivity contribution in [2.45, 2.75) is 24.6 Å². The molecule has 7 nitrogen and oxygen atoms in total. The van der Waals surface area contributed by atoms with Crippen LogP contribution in [0.4, 0.5) is 0 Å². The van der Waals surface area contributed by atoms with Crippen LogP contribution in [0.1, 0.15) is 13.3 Å². The number of thioether (sulfide) groups is 1. The lowest BCUT2D eigenvalue weighted by Gasteiger charge is -2.09. The van der Waals surface area contributed by atoms with Gasteiger partial charge >= 0.3 is 5.97 Å². The van der Waals surface area contributed by atoms with Crippen molar-refractivity contribution in [2.24, 2.45) is 7.05 Å². The third-order valence-corrected chi connectivity index (χ3v) is 3.07. The van der Waals surface area contributed by atoms with Gasteiger partial charge in [0, 0.05) is 20.6 Å². The molecule has 1 rings (SSSR count). The van der Waals surface area contributed by atoms with Crippen molar-refractivity contribution in [3.8, 4) is 0 Å². The van der Waals surface area contributed by atoms with Gasteiger partial charge in [-0.15, -0.1) is 5.10 Å².